The van der Waals surface area contributed by atoms with Gasteiger partial charge in [0.25, 0.3) is 10.1 Å². The maximum absolute atomic E-state index is 10.9. The molecule has 88 valence electrons. The molecule has 1 atom stereocenters. The van der Waals surface area contributed by atoms with E-state index in [1.807, 2.05) is 18.2 Å². The van der Waals surface area contributed by atoms with E-state index in [2.05, 4.69) is 15.9 Å². The Balaban J connectivity index is 2.12. The largest absolute Gasteiger partial charge is 0.493 e. The van der Waals surface area contributed by atoms with Crippen molar-refractivity contribution < 1.29 is 17.3 Å². The zero-order chi connectivity index (χ0) is 11.8. The Morgan fingerprint density at radius 2 is 2.31 bits per heavy atom. The fourth-order valence-corrected chi connectivity index (χ4v) is 2.35. The van der Waals surface area contributed by atoms with Crippen molar-refractivity contribution in [3.8, 4) is 5.75 Å². The highest BCUT2D eigenvalue weighted by Crippen LogP contribution is 2.36. The zero-order valence-corrected chi connectivity index (χ0v) is 11.0. The second-order valence-corrected chi connectivity index (χ2v) is 6.24. The lowest BCUT2D eigenvalue weighted by molar-refractivity contribution is 0.254. The van der Waals surface area contributed by atoms with E-state index in [0.29, 0.717) is 6.61 Å². The van der Waals surface area contributed by atoms with Gasteiger partial charge in [0, 0.05) is 16.0 Å². The minimum atomic E-state index is -3.39. The lowest BCUT2D eigenvalue weighted by atomic mass is 10.0. The molecule has 0 aliphatic carbocycles. The second kappa shape index (κ2) is 4.35. The molecular formula is C10H11BrO4S. The lowest BCUT2D eigenvalue weighted by Crippen LogP contribution is -2.13. The van der Waals surface area contributed by atoms with E-state index in [1.165, 1.54) is 0 Å². The van der Waals surface area contributed by atoms with Crippen molar-refractivity contribution in [1.29, 1.82) is 0 Å². The van der Waals surface area contributed by atoms with Gasteiger partial charge in [-0.1, -0.05) is 22.0 Å². The van der Waals surface area contributed by atoms with Crippen molar-refractivity contribution in [1.82, 2.24) is 0 Å². The van der Waals surface area contributed by atoms with Crippen molar-refractivity contribution in [3.05, 3.63) is 28.2 Å². The predicted octanol–water partition coefficient (Wildman–Crippen LogP) is 1.90. The molecule has 1 aromatic carbocycles. The Morgan fingerprint density at radius 1 is 1.56 bits per heavy atom. The van der Waals surface area contributed by atoms with Crippen LogP contribution in [0, 0.1) is 0 Å². The molecule has 0 amide bonds. The summed E-state index contributed by atoms with van der Waals surface area (Å²) in [6, 6.07) is 5.69. The summed E-state index contributed by atoms with van der Waals surface area (Å²) in [6.45, 7) is 0.592. The molecule has 0 fully saturated rings. The van der Waals surface area contributed by atoms with Crippen LogP contribution in [0.25, 0.3) is 0 Å². The van der Waals surface area contributed by atoms with Crippen LogP contribution >= 0.6 is 15.9 Å². The standard InChI is InChI=1S/C10H11BrO4S/c1-16(12,13)15-6-7-5-14-10-4-8(11)2-3-9(7)10/h2-4,7H,5-6H2,1H3. The van der Waals surface area contributed by atoms with E-state index in [-0.39, 0.29) is 12.5 Å². The first kappa shape index (κ1) is 11.9. The third-order valence-corrected chi connectivity index (χ3v) is 3.40. The molecule has 1 unspecified atom stereocenters. The molecule has 2 rings (SSSR count). The van der Waals surface area contributed by atoms with Gasteiger partial charge in [-0.2, -0.15) is 8.42 Å². The number of halogens is 1. The van der Waals surface area contributed by atoms with Crippen molar-refractivity contribution in [2.24, 2.45) is 0 Å². The Kier molecular flexibility index (Phi) is 3.23. The van der Waals surface area contributed by atoms with Crippen LogP contribution in [0.2, 0.25) is 0 Å². The molecule has 0 spiro atoms. The molecule has 4 nitrogen and oxygen atoms in total. The fraction of sp³-hybridized carbons (Fsp3) is 0.400. The Morgan fingerprint density at radius 3 is 3.00 bits per heavy atom. The third kappa shape index (κ3) is 2.75. The molecule has 0 aromatic heterocycles. The zero-order valence-electron chi connectivity index (χ0n) is 8.64. The normalized spacial score (nSPS) is 19.2. The van der Waals surface area contributed by atoms with Crippen molar-refractivity contribution in [2.75, 3.05) is 19.5 Å². The van der Waals surface area contributed by atoms with Gasteiger partial charge < -0.3 is 4.74 Å². The number of fused-ring (bicyclic) bond motifs is 1. The number of hydrogen-bond donors (Lipinski definition) is 0. The number of hydrogen-bond acceptors (Lipinski definition) is 4. The summed E-state index contributed by atoms with van der Waals surface area (Å²) >= 11 is 3.35. The van der Waals surface area contributed by atoms with E-state index in [4.69, 9.17) is 8.92 Å². The first-order chi connectivity index (χ1) is 7.46. The molecule has 0 saturated heterocycles. The molecule has 1 aliphatic heterocycles. The van der Waals surface area contributed by atoms with Gasteiger partial charge in [-0.05, 0) is 12.1 Å². The van der Waals surface area contributed by atoms with E-state index in [9.17, 15) is 8.42 Å². The van der Waals surface area contributed by atoms with E-state index >= 15 is 0 Å². The van der Waals surface area contributed by atoms with Gasteiger partial charge in [-0.15, -0.1) is 0 Å². The molecule has 1 heterocycles. The van der Waals surface area contributed by atoms with E-state index < -0.39 is 10.1 Å². The summed E-state index contributed by atoms with van der Waals surface area (Å²) in [6.07, 6.45) is 1.05. The van der Waals surface area contributed by atoms with Gasteiger partial charge in [-0.25, -0.2) is 0 Å². The Hall–Kier alpha value is -0.590. The summed E-state index contributed by atoms with van der Waals surface area (Å²) in [4.78, 5) is 0. The highest BCUT2D eigenvalue weighted by molar-refractivity contribution is 9.10. The lowest BCUT2D eigenvalue weighted by Gasteiger charge is -2.07. The minimum absolute atomic E-state index is 0.0159. The third-order valence-electron chi connectivity index (χ3n) is 2.34. The van der Waals surface area contributed by atoms with Gasteiger partial charge in [0.05, 0.1) is 19.5 Å². The van der Waals surface area contributed by atoms with Crippen LogP contribution in [0.15, 0.2) is 22.7 Å². The second-order valence-electron chi connectivity index (χ2n) is 3.68. The van der Waals surface area contributed by atoms with Crippen LogP contribution in [0.5, 0.6) is 5.75 Å². The van der Waals surface area contributed by atoms with Crippen LogP contribution < -0.4 is 4.74 Å². The average Bonchev–Trinajstić information content (AvgIpc) is 2.56. The first-order valence-electron chi connectivity index (χ1n) is 4.72. The number of benzene rings is 1. The van der Waals surface area contributed by atoms with Gasteiger partial charge in [0.15, 0.2) is 0 Å². The van der Waals surface area contributed by atoms with Gasteiger partial charge >= 0.3 is 0 Å². The average molecular weight is 307 g/mol. The maximum Gasteiger partial charge on any atom is 0.264 e. The van der Waals surface area contributed by atoms with Crippen LogP contribution in [-0.2, 0) is 14.3 Å². The van der Waals surface area contributed by atoms with Crippen LogP contribution in [0.1, 0.15) is 11.5 Å². The summed E-state index contributed by atoms with van der Waals surface area (Å²) in [5.41, 5.74) is 0.992. The van der Waals surface area contributed by atoms with Crippen molar-refractivity contribution >= 4 is 26.0 Å². The summed E-state index contributed by atoms with van der Waals surface area (Å²) in [7, 11) is -3.39. The molecule has 0 saturated carbocycles. The minimum Gasteiger partial charge on any atom is -0.493 e. The molecule has 0 radical (unpaired) electrons. The molecule has 0 N–H and O–H groups in total. The Bertz CT molecular complexity index is 498. The fourth-order valence-electron chi connectivity index (χ4n) is 1.59. The van der Waals surface area contributed by atoms with Gasteiger partial charge in [0.1, 0.15) is 5.75 Å². The number of ether oxygens (including phenoxy) is 1. The highest BCUT2D eigenvalue weighted by atomic mass is 79.9. The molecular weight excluding hydrogens is 296 g/mol. The number of rotatable bonds is 3. The van der Waals surface area contributed by atoms with Crippen LogP contribution in [0.3, 0.4) is 0 Å². The Labute approximate surface area is 103 Å². The predicted molar refractivity (Wildman–Crippen MR) is 63.2 cm³/mol. The summed E-state index contributed by atoms with van der Waals surface area (Å²) in [5.74, 6) is 0.773. The SMILES string of the molecule is CS(=O)(=O)OCC1COc2cc(Br)ccc21. The van der Waals surface area contributed by atoms with E-state index in [1.54, 1.807) is 0 Å². The van der Waals surface area contributed by atoms with Gasteiger partial charge in [0.2, 0.25) is 0 Å². The van der Waals surface area contributed by atoms with Crippen molar-refractivity contribution in [2.45, 2.75) is 5.92 Å². The van der Waals surface area contributed by atoms with Crippen LogP contribution in [0.4, 0.5) is 0 Å². The smallest absolute Gasteiger partial charge is 0.264 e. The molecule has 1 aliphatic rings. The topological polar surface area (TPSA) is 52.6 Å². The van der Waals surface area contributed by atoms with Crippen molar-refractivity contribution in [3.63, 3.8) is 0 Å². The van der Waals surface area contributed by atoms with Crippen LogP contribution in [-0.4, -0.2) is 27.9 Å². The molecule has 1 aromatic rings. The molecule has 0 bridgehead atoms. The summed E-state index contributed by atoms with van der Waals surface area (Å²) in [5, 5.41) is 0. The maximum atomic E-state index is 10.9. The first-order valence-corrected chi connectivity index (χ1v) is 7.33. The molecule has 6 heteroatoms. The monoisotopic (exact) mass is 306 g/mol. The molecule has 16 heavy (non-hydrogen) atoms. The highest BCUT2D eigenvalue weighted by Gasteiger charge is 2.25. The summed E-state index contributed by atoms with van der Waals surface area (Å²) < 4.78 is 32.9. The van der Waals surface area contributed by atoms with E-state index in [0.717, 1.165) is 22.0 Å². The van der Waals surface area contributed by atoms with Gasteiger partial charge in [-0.3, -0.25) is 4.18 Å². The quantitative estimate of drug-likeness (QED) is 0.800.